The van der Waals surface area contributed by atoms with Gasteiger partial charge in [-0.3, -0.25) is 0 Å². The van der Waals surface area contributed by atoms with E-state index >= 15 is 0 Å². The summed E-state index contributed by atoms with van der Waals surface area (Å²) >= 11 is 1.42. The molecule has 1 amide bonds. The maximum atomic E-state index is 14.2. The third-order valence-corrected chi connectivity index (χ3v) is 5.72. The third kappa shape index (κ3) is 4.02. The number of ether oxygens (including phenoxy) is 1. The van der Waals surface area contributed by atoms with Crippen LogP contribution in [-0.4, -0.2) is 45.9 Å². The first-order valence-electron chi connectivity index (χ1n) is 8.80. The van der Waals surface area contributed by atoms with Gasteiger partial charge in [-0.1, -0.05) is 0 Å². The van der Waals surface area contributed by atoms with Gasteiger partial charge in [0.05, 0.1) is 0 Å². The first-order chi connectivity index (χ1) is 13.1. The van der Waals surface area contributed by atoms with E-state index in [0.717, 1.165) is 20.9 Å². The summed E-state index contributed by atoms with van der Waals surface area (Å²) in [6.07, 6.45) is 2.94. The molecule has 5 nitrogen and oxygen atoms in total. The van der Waals surface area contributed by atoms with Crippen molar-refractivity contribution in [2.24, 2.45) is 5.92 Å². The van der Waals surface area contributed by atoms with Crippen LogP contribution in [0.2, 0.25) is 0 Å². The predicted molar refractivity (Wildman–Crippen MR) is 105 cm³/mol. The molecule has 27 heavy (non-hydrogen) atoms. The van der Waals surface area contributed by atoms with Crippen LogP contribution in [-0.2, 0) is 9.53 Å². The number of nitrogens with zero attached hydrogens (tertiary/aromatic N) is 2. The van der Waals surface area contributed by atoms with Crippen molar-refractivity contribution in [1.82, 2.24) is 9.97 Å². The molecule has 138 valence electrons. The fourth-order valence-corrected chi connectivity index (χ4v) is 3.91. The molecule has 2 heterocycles. The average Bonchev–Trinajstić information content (AvgIpc) is 2.68. The van der Waals surface area contributed by atoms with Gasteiger partial charge in [-0.2, -0.15) is 0 Å². The van der Waals surface area contributed by atoms with Crippen LogP contribution in [0.5, 0.6) is 0 Å². The first-order valence-corrected chi connectivity index (χ1v) is 10.0. The molecule has 1 fully saturated rings. The number of hydrogen-bond donors (Lipinski definition) is 1. The van der Waals surface area contributed by atoms with Crippen molar-refractivity contribution < 1.29 is 13.9 Å². The number of carbonyl (C=O) groups is 1. The Hall–Kier alpha value is -2.30. The summed E-state index contributed by atoms with van der Waals surface area (Å²) in [4.78, 5) is 20.9. The van der Waals surface area contributed by atoms with Gasteiger partial charge in [0.15, 0.2) is 0 Å². The second kappa shape index (κ2) is 7.75. The van der Waals surface area contributed by atoms with E-state index in [2.05, 4.69) is 15.3 Å². The monoisotopic (exact) mass is 427 g/mol. The van der Waals surface area contributed by atoms with E-state index < -0.39 is 0 Å². The van der Waals surface area contributed by atoms with Crippen molar-refractivity contribution in [1.29, 1.82) is 0 Å². The summed E-state index contributed by atoms with van der Waals surface area (Å²) in [5.74, 6) is -0.561. The van der Waals surface area contributed by atoms with E-state index in [4.69, 9.17) is 4.74 Å². The Morgan fingerprint density at radius 1 is 1.11 bits per heavy atom. The molecule has 0 bridgehead atoms. The van der Waals surface area contributed by atoms with Gasteiger partial charge in [0, 0.05) is 0 Å². The van der Waals surface area contributed by atoms with Crippen LogP contribution in [0.1, 0.15) is 12.8 Å². The Balaban J connectivity index is 1.64. The molecule has 2 aromatic carbocycles. The van der Waals surface area contributed by atoms with E-state index in [0.29, 0.717) is 37.3 Å². The number of aromatic nitrogens is 2. The second-order valence-corrected chi connectivity index (χ2v) is 7.74. The zero-order chi connectivity index (χ0) is 18.8. The minimum atomic E-state index is -0.389. The molecule has 4 rings (SSSR count). The minimum absolute atomic E-state index is 0.0831. The maximum absolute atomic E-state index is 14.2. The topological polar surface area (TPSA) is 64.1 Å². The normalized spacial score (nSPS) is 15.0. The molecule has 7 heteroatoms. The van der Waals surface area contributed by atoms with Gasteiger partial charge in [-0.05, 0) is 0 Å². The molecule has 1 unspecified atom stereocenters. The number of rotatable bonds is 3. The Labute approximate surface area is 164 Å². The second-order valence-electron chi connectivity index (χ2n) is 6.60. The van der Waals surface area contributed by atoms with Gasteiger partial charge in [0.25, 0.3) is 0 Å². The Morgan fingerprint density at radius 3 is 2.74 bits per heavy atom. The van der Waals surface area contributed by atoms with Crippen molar-refractivity contribution in [3.8, 4) is 11.1 Å². The summed E-state index contributed by atoms with van der Waals surface area (Å²) < 4.78 is 20.4. The van der Waals surface area contributed by atoms with Crippen LogP contribution in [0.3, 0.4) is 0 Å². The van der Waals surface area contributed by atoms with Gasteiger partial charge in [0.2, 0.25) is 0 Å². The molecule has 1 aromatic heterocycles. The summed E-state index contributed by atoms with van der Waals surface area (Å²) in [5.41, 5.74) is 2.89. The van der Waals surface area contributed by atoms with Gasteiger partial charge in [-0.25, -0.2) is 0 Å². The number of halogens is 1. The summed E-state index contributed by atoms with van der Waals surface area (Å²) in [7, 11) is 0. The van der Waals surface area contributed by atoms with Crippen LogP contribution in [0, 0.1) is 11.7 Å². The van der Waals surface area contributed by atoms with Crippen molar-refractivity contribution in [2.75, 3.05) is 18.5 Å². The van der Waals surface area contributed by atoms with Crippen LogP contribution in [0.25, 0.3) is 22.0 Å². The van der Waals surface area contributed by atoms with Crippen molar-refractivity contribution >= 4 is 43.8 Å². The van der Waals surface area contributed by atoms with Crippen LogP contribution < -0.4 is 9.80 Å². The summed E-state index contributed by atoms with van der Waals surface area (Å²) in [5, 5.41) is 3.81. The Kier molecular flexibility index (Phi) is 5.19. The molecule has 0 aliphatic carbocycles. The van der Waals surface area contributed by atoms with E-state index in [1.807, 2.05) is 18.2 Å². The number of hydrogen-bond acceptors (Lipinski definition) is 4. The van der Waals surface area contributed by atoms with Crippen molar-refractivity contribution in [3.63, 3.8) is 0 Å². The standard InChI is InChI=1S/C20H19AsFN3O2/c21-19-17-9-13(1-2-18(17)23-11-24-19)14-7-15(22)10-16(8-14)25-20(26)12-3-5-27-6-4-12/h1-2,7-12H,3-6,21H2,(H,25,26). The summed E-state index contributed by atoms with van der Waals surface area (Å²) in [6.45, 7) is 1.18. The number of nitrogens with one attached hydrogen (secondary N) is 1. The number of fused-ring (bicyclic) bond motifs is 1. The molecule has 3 aromatic rings. The molecule has 1 aliphatic heterocycles. The SMILES string of the molecule is O=C(Nc1cc(F)cc(-c2ccc3ncnc([AsH2])c3c2)c1)C1CCOCC1. The molecule has 1 N–H and O–H groups in total. The molecule has 1 atom stereocenters. The zero-order valence-corrected chi connectivity index (χ0v) is 17.0. The van der Waals surface area contributed by atoms with Crippen molar-refractivity contribution in [2.45, 2.75) is 12.8 Å². The Morgan fingerprint density at radius 2 is 1.93 bits per heavy atom. The van der Waals surface area contributed by atoms with Crippen molar-refractivity contribution in [3.05, 3.63) is 48.5 Å². The van der Waals surface area contributed by atoms with Gasteiger partial charge in [0.1, 0.15) is 0 Å². The average molecular weight is 427 g/mol. The molecular formula is C20H19AsFN3O2. The Bertz CT molecular complexity index is 1010. The van der Waals surface area contributed by atoms with Crippen LogP contribution in [0.15, 0.2) is 42.7 Å². The molecule has 0 saturated carbocycles. The third-order valence-electron chi connectivity index (χ3n) is 4.76. The summed E-state index contributed by atoms with van der Waals surface area (Å²) in [6, 6.07) is 10.4. The molecular weight excluding hydrogens is 408 g/mol. The van der Waals surface area contributed by atoms with Crippen LogP contribution >= 0.6 is 0 Å². The first kappa shape index (κ1) is 18.1. The van der Waals surface area contributed by atoms with E-state index in [1.54, 1.807) is 12.4 Å². The number of anilines is 1. The fourth-order valence-electron chi connectivity index (χ4n) is 3.29. The van der Waals surface area contributed by atoms with E-state index in [9.17, 15) is 9.18 Å². The predicted octanol–water partition coefficient (Wildman–Crippen LogP) is 2.06. The van der Waals surface area contributed by atoms with E-state index in [1.165, 1.54) is 29.0 Å². The molecule has 0 spiro atoms. The quantitative estimate of drug-likeness (QED) is 0.651. The van der Waals surface area contributed by atoms with Gasteiger partial charge < -0.3 is 4.74 Å². The molecule has 1 saturated heterocycles. The van der Waals surface area contributed by atoms with Gasteiger partial charge in [-0.15, -0.1) is 0 Å². The van der Waals surface area contributed by atoms with E-state index in [-0.39, 0.29) is 17.6 Å². The number of benzene rings is 2. The molecule has 0 radical (unpaired) electrons. The number of carbonyl (C=O) groups excluding carboxylic acids is 1. The fraction of sp³-hybridized carbons (Fsp3) is 0.250. The zero-order valence-electron chi connectivity index (χ0n) is 14.6. The van der Waals surface area contributed by atoms with Gasteiger partial charge >= 0.3 is 160 Å². The molecule has 1 aliphatic rings. The van der Waals surface area contributed by atoms with Crippen LogP contribution in [0.4, 0.5) is 10.1 Å². The number of amides is 1.